The van der Waals surface area contributed by atoms with Gasteiger partial charge >= 0.3 is 5.97 Å². The fourth-order valence-corrected chi connectivity index (χ4v) is 4.71. The number of ether oxygens (including phenoxy) is 1. The number of rotatable bonds is 5. The number of benzene rings is 1. The zero-order chi connectivity index (χ0) is 23.0. The lowest BCUT2D eigenvalue weighted by Gasteiger charge is -2.24. The van der Waals surface area contributed by atoms with Gasteiger partial charge in [0.25, 0.3) is 11.2 Å². The first-order valence-corrected chi connectivity index (χ1v) is 10.7. The molecule has 1 N–H and O–H groups in total. The van der Waals surface area contributed by atoms with Crippen LogP contribution in [0, 0.1) is 17.0 Å². The molecular weight excluding hydrogens is 432 g/mol. The van der Waals surface area contributed by atoms with E-state index in [9.17, 15) is 19.7 Å². The molecule has 0 saturated heterocycles. The number of carbonyl (C=O) groups is 1. The molecule has 9 nitrogen and oxygen atoms in total. The Morgan fingerprint density at radius 1 is 1.38 bits per heavy atom. The lowest BCUT2D eigenvalue weighted by molar-refractivity contribution is -0.385. The molecule has 32 heavy (non-hydrogen) atoms. The van der Waals surface area contributed by atoms with E-state index in [0.29, 0.717) is 26.2 Å². The van der Waals surface area contributed by atoms with Crippen molar-refractivity contribution in [1.29, 1.82) is 0 Å². The van der Waals surface area contributed by atoms with E-state index < -0.39 is 16.9 Å². The monoisotopic (exact) mass is 452 g/mol. The molecule has 2 aromatic heterocycles. The third-order valence-corrected chi connectivity index (χ3v) is 6.15. The normalized spacial score (nSPS) is 16.0. The van der Waals surface area contributed by atoms with Crippen molar-refractivity contribution in [2.24, 2.45) is 4.99 Å². The topological polar surface area (TPSA) is 120 Å². The molecule has 0 amide bonds. The molecule has 0 bridgehead atoms. The number of hydrogen-bond donors (Lipinski definition) is 1. The average molecular weight is 452 g/mol. The van der Waals surface area contributed by atoms with Crippen LogP contribution in [0.25, 0.3) is 6.08 Å². The third-order valence-electron chi connectivity index (χ3n) is 5.17. The Labute approximate surface area is 186 Å². The summed E-state index contributed by atoms with van der Waals surface area (Å²) in [6, 6.07) is 7.46. The average Bonchev–Trinajstić information content (AvgIpc) is 3.36. The van der Waals surface area contributed by atoms with Gasteiger partial charge in [0.05, 0.1) is 33.4 Å². The summed E-state index contributed by atoms with van der Waals surface area (Å²) in [4.78, 5) is 45.3. The number of esters is 1. The molecule has 1 aliphatic heterocycles. The van der Waals surface area contributed by atoms with Gasteiger partial charge in [-0.15, -0.1) is 0 Å². The van der Waals surface area contributed by atoms with Gasteiger partial charge in [-0.3, -0.25) is 19.5 Å². The van der Waals surface area contributed by atoms with Crippen LogP contribution >= 0.6 is 11.3 Å². The van der Waals surface area contributed by atoms with Gasteiger partial charge in [0.1, 0.15) is 0 Å². The van der Waals surface area contributed by atoms with Crippen LogP contribution in [0.1, 0.15) is 36.7 Å². The molecule has 1 aliphatic rings. The fourth-order valence-electron chi connectivity index (χ4n) is 3.68. The maximum absolute atomic E-state index is 13.4. The molecule has 3 heterocycles. The Bertz CT molecular complexity index is 1430. The van der Waals surface area contributed by atoms with Gasteiger partial charge in [0, 0.05) is 23.5 Å². The number of thiazole rings is 1. The van der Waals surface area contributed by atoms with Crippen molar-refractivity contribution < 1.29 is 14.5 Å². The van der Waals surface area contributed by atoms with Gasteiger partial charge in [0.15, 0.2) is 4.80 Å². The molecule has 1 atom stereocenters. The zero-order valence-corrected chi connectivity index (χ0v) is 18.4. The van der Waals surface area contributed by atoms with Crippen LogP contribution in [0.5, 0.6) is 0 Å². The van der Waals surface area contributed by atoms with Gasteiger partial charge in [-0.1, -0.05) is 23.5 Å². The molecule has 164 valence electrons. The lowest BCUT2D eigenvalue weighted by atomic mass is 9.94. The van der Waals surface area contributed by atoms with Crippen molar-refractivity contribution in [1.82, 2.24) is 9.55 Å². The SMILES string of the molecule is CCOC(=O)C1=C(C)N=c2s/c(=C/c3ccc[nH]3)c(=O)n2[C@@H]1c1ccc(C)c([N+](=O)[O-])c1. The zero-order valence-electron chi connectivity index (χ0n) is 17.6. The summed E-state index contributed by atoms with van der Waals surface area (Å²) in [6.45, 7) is 5.14. The smallest absolute Gasteiger partial charge is 0.338 e. The molecule has 10 heteroatoms. The van der Waals surface area contributed by atoms with Crippen molar-refractivity contribution in [2.75, 3.05) is 6.61 Å². The summed E-state index contributed by atoms with van der Waals surface area (Å²) in [5, 5.41) is 11.5. The van der Waals surface area contributed by atoms with E-state index in [1.165, 1.54) is 22.0 Å². The first-order chi connectivity index (χ1) is 15.3. The van der Waals surface area contributed by atoms with Crippen LogP contribution in [0.3, 0.4) is 0 Å². The maximum Gasteiger partial charge on any atom is 0.338 e. The second kappa shape index (κ2) is 8.39. The summed E-state index contributed by atoms with van der Waals surface area (Å²) in [7, 11) is 0. The molecule has 0 aliphatic carbocycles. The molecule has 0 radical (unpaired) electrons. The molecular formula is C22H20N4O5S. The maximum atomic E-state index is 13.4. The molecule has 0 unspecified atom stereocenters. The largest absolute Gasteiger partial charge is 0.463 e. The Morgan fingerprint density at radius 2 is 2.16 bits per heavy atom. The Hall–Kier alpha value is -3.79. The Morgan fingerprint density at radius 3 is 2.81 bits per heavy atom. The number of hydrogen-bond acceptors (Lipinski definition) is 7. The highest BCUT2D eigenvalue weighted by Crippen LogP contribution is 2.33. The summed E-state index contributed by atoms with van der Waals surface area (Å²) >= 11 is 1.19. The van der Waals surface area contributed by atoms with Gasteiger partial charge in [-0.05, 0) is 44.5 Å². The van der Waals surface area contributed by atoms with Crippen LogP contribution in [0.15, 0.2) is 57.6 Å². The number of nitrogens with one attached hydrogen (secondary N) is 1. The highest BCUT2D eigenvalue weighted by Gasteiger charge is 2.34. The summed E-state index contributed by atoms with van der Waals surface area (Å²) < 4.78 is 7.07. The number of nitrogens with zero attached hydrogens (tertiary/aromatic N) is 3. The van der Waals surface area contributed by atoms with E-state index in [1.54, 1.807) is 45.2 Å². The molecule has 0 saturated carbocycles. The van der Waals surface area contributed by atoms with Crippen LogP contribution in [0.2, 0.25) is 0 Å². The number of nitro benzene ring substituents is 1. The predicted octanol–water partition coefficient (Wildman–Crippen LogP) is 2.34. The minimum Gasteiger partial charge on any atom is -0.463 e. The Balaban J connectivity index is 2.00. The fraction of sp³-hybridized carbons (Fsp3) is 0.227. The molecule has 1 aromatic carbocycles. The summed E-state index contributed by atoms with van der Waals surface area (Å²) in [5.74, 6) is -0.611. The van der Waals surface area contributed by atoms with Crippen molar-refractivity contribution >= 4 is 29.1 Å². The quantitative estimate of drug-likeness (QED) is 0.362. The number of aromatic amines is 1. The first kappa shape index (κ1) is 21.4. The highest BCUT2D eigenvalue weighted by molar-refractivity contribution is 7.07. The minimum absolute atomic E-state index is 0.0890. The number of fused-ring (bicyclic) bond motifs is 1. The molecule has 0 spiro atoms. The van der Waals surface area contributed by atoms with Gasteiger partial charge < -0.3 is 9.72 Å². The van der Waals surface area contributed by atoms with Crippen molar-refractivity contribution in [3.05, 3.63) is 94.4 Å². The highest BCUT2D eigenvalue weighted by atomic mass is 32.1. The van der Waals surface area contributed by atoms with Crippen molar-refractivity contribution in [3.8, 4) is 0 Å². The van der Waals surface area contributed by atoms with Crippen molar-refractivity contribution in [2.45, 2.75) is 26.8 Å². The van der Waals surface area contributed by atoms with E-state index in [4.69, 9.17) is 4.74 Å². The second-order valence-corrected chi connectivity index (χ2v) is 8.24. The number of carbonyl (C=O) groups excluding carboxylic acids is 1. The van der Waals surface area contributed by atoms with Gasteiger partial charge in [-0.25, -0.2) is 9.79 Å². The van der Waals surface area contributed by atoms with Crippen LogP contribution in [-0.2, 0) is 9.53 Å². The predicted molar refractivity (Wildman–Crippen MR) is 119 cm³/mol. The second-order valence-electron chi connectivity index (χ2n) is 7.23. The van der Waals surface area contributed by atoms with Crippen molar-refractivity contribution in [3.63, 3.8) is 0 Å². The third kappa shape index (κ3) is 3.69. The number of aryl methyl sites for hydroxylation is 1. The molecule has 3 aromatic rings. The molecule has 4 rings (SSSR count). The summed E-state index contributed by atoms with van der Waals surface area (Å²) in [5.41, 5.74) is 1.83. The van der Waals surface area contributed by atoms with E-state index in [-0.39, 0.29) is 23.4 Å². The van der Waals surface area contributed by atoms with E-state index in [0.717, 1.165) is 5.69 Å². The number of aromatic nitrogens is 2. The van der Waals surface area contributed by atoms with E-state index >= 15 is 0 Å². The minimum atomic E-state index is -0.893. The van der Waals surface area contributed by atoms with Gasteiger partial charge in [-0.2, -0.15) is 0 Å². The van der Waals surface area contributed by atoms with Crippen LogP contribution < -0.4 is 14.9 Å². The first-order valence-electron chi connectivity index (χ1n) is 9.89. The van der Waals surface area contributed by atoms with E-state index in [1.807, 2.05) is 12.1 Å². The number of H-pyrrole nitrogens is 1. The Kier molecular flexibility index (Phi) is 5.62. The summed E-state index contributed by atoms with van der Waals surface area (Å²) in [6.07, 6.45) is 3.46. The standard InChI is InChI=1S/C22H20N4O5S/c1-4-31-21(28)18-13(3)24-22-25(20(27)17(32-22)11-15-6-5-9-23-15)19(18)14-8-7-12(2)16(10-14)26(29)30/h5-11,19,23H,4H2,1-3H3/b17-11+/t19-/m1/s1. The molecule has 0 fully saturated rings. The lowest BCUT2D eigenvalue weighted by Crippen LogP contribution is -2.40. The van der Waals surface area contributed by atoms with Crippen LogP contribution in [0.4, 0.5) is 5.69 Å². The van der Waals surface area contributed by atoms with E-state index in [2.05, 4.69) is 9.98 Å². The van der Waals surface area contributed by atoms with Crippen LogP contribution in [-0.4, -0.2) is 27.1 Å². The van der Waals surface area contributed by atoms with Gasteiger partial charge in [0.2, 0.25) is 0 Å². The number of allylic oxidation sites excluding steroid dienone is 1. The number of nitro groups is 1.